The molecule has 1 unspecified atom stereocenters. The van der Waals surface area contributed by atoms with Crippen molar-refractivity contribution in [1.82, 2.24) is 0 Å². The highest BCUT2D eigenvalue weighted by Gasteiger charge is 2.52. The van der Waals surface area contributed by atoms with Gasteiger partial charge in [-0.3, -0.25) is 5.32 Å². The molecule has 1 aliphatic carbocycles. The average Bonchev–Trinajstić information content (AvgIpc) is 3.21. The molecule has 1 N–H and O–H groups in total. The second-order valence-corrected chi connectivity index (χ2v) is 6.55. The van der Waals surface area contributed by atoms with Crippen molar-refractivity contribution in [3.63, 3.8) is 0 Å². The van der Waals surface area contributed by atoms with Crippen molar-refractivity contribution in [2.75, 3.05) is 5.32 Å². The molecule has 3 rings (SSSR count). The summed E-state index contributed by atoms with van der Waals surface area (Å²) in [6, 6.07) is 5.50. The fourth-order valence-electron chi connectivity index (χ4n) is 2.65. The summed E-state index contributed by atoms with van der Waals surface area (Å²) < 4.78 is 5.68. The standard InChI is InChI=1S/C17H18ClNO2/c1-11(2)4-3-9-17(12-5-6-12)14-8-7-13(18)10-15(14)19-16(20)21-17/h7-8,10-12H,4-6H2,1-2H3,(H,19,20). The highest BCUT2D eigenvalue weighted by molar-refractivity contribution is 6.31. The van der Waals surface area contributed by atoms with Crippen LogP contribution in [-0.4, -0.2) is 6.09 Å². The minimum Gasteiger partial charge on any atom is -0.425 e. The van der Waals surface area contributed by atoms with E-state index in [1.165, 1.54) is 0 Å². The Morgan fingerprint density at radius 3 is 2.90 bits per heavy atom. The summed E-state index contributed by atoms with van der Waals surface area (Å²) in [7, 11) is 0. The minimum atomic E-state index is -0.808. The van der Waals surface area contributed by atoms with E-state index in [4.69, 9.17) is 16.3 Å². The zero-order valence-electron chi connectivity index (χ0n) is 12.2. The van der Waals surface area contributed by atoms with Gasteiger partial charge in [-0.15, -0.1) is 0 Å². The summed E-state index contributed by atoms with van der Waals surface area (Å²) in [6.07, 6.45) is 2.41. The quantitative estimate of drug-likeness (QED) is 0.814. The van der Waals surface area contributed by atoms with Gasteiger partial charge in [0.05, 0.1) is 5.69 Å². The molecule has 1 aromatic carbocycles. The number of anilines is 1. The van der Waals surface area contributed by atoms with Crippen molar-refractivity contribution in [3.05, 3.63) is 28.8 Å². The van der Waals surface area contributed by atoms with Crippen LogP contribution in [-0.2, 0) is 10.3 Å². The molecule has 4 heteroatoms. The van der Waals surface area contributed by atoms with Crippen molar-refractivity contribution in [3.8, 4) is 11.8 Å². The summed E-state index contributed by atoms with van der Waals surface area (Å²) in [5.41, 5.74) is 0.826. The SMILES string of the molecule is CC(C)CC#CC1(C2CC2)OC(=O)Nc2cc(Cl)ccc21. The van der Waals surface area contributed by atoms with Crippen LogP contribution in [0.2, 0.25) is 5.02 Å². The van der Waals surface area contributed by atoms with Gasteiger partial charge in [0.15, 0.2) is 0 Å². The molecule has 110 valence electrons. The fraction of sp³-hybridized carbons (Fsp3) is 0.471. The number of nitrogens with one attached hydrogen (secondary N) is 1. The lowest BCUT2D eigenvalue weighted by molar-refractivity contribution is 0.0405. The van der Waals surface area contributed by atoms with Crippen LogP contribution in [0.4, 0.5) is 10.5 Å². The van der Waals surface area contributed by atoms with Gasteiger partial charge in [0.25, 0.3) is 0 Å². The molecule has 0 radical (unpaired) electrons. The first-order chi connectivity index (χ1) is 10.0. The summed E-state index contributed by atoms with van der Waals surface area (Å²) in [5.74, 6) is 7.24. The number of ether oxygens (including phenoxy) is 1. The normalized spacial score (nSPS) is 23.7. The van der Waals surface area contributed by atoms with E-state index in [9.17, 15) is 4.79 Å². The topological polar surface area (TPSA) is 38.3 Å². The third-order valence-electron chi connectivity index (χ3n) is 3.81. The van der Waals surface area contributed by atoms with Crippen molar-refractivity contribution in [1.29, 1.82) is 0 Å². The maximum atomic E-state index is 11.9. The summed E-state index contributed by atoms with van der Waals surface area (Å²) >= 11 is 6.03. The second kappa shape index (κ2) is 5.27. The molecule has 3 nitrogen and oxygen atoms in total. The van der Waals surface area contributed by atoms with Gasteiger partial charge in [-0.2, -0.15) is 0 Å². The first kappa shape index (κ1) is 14.3. The molecule has 21 heavy (non-hydrogen) atoms. The van der Waals surface area contributed by atoms with E-state index in [1.807, 2.05) is 12.1 Å². The molecule has 0 aromatic heterocycles. The molecule has 0 bridgehead atoms. The Labute approximate surface area is 130 Å². The van der Waals surface area contributed by atoms with Gasteiger partial charge in [-0.25, -0.2) is 4.79 Å². The molecule has 2 aliphatic rings. The molecule has 1 fully saturated rings. The van der Waals surface area contributed by atoms with Gasteiger partial charge in [0.1, 0.15) is 0 Å². The van der Waals surface area contributed by atoms with E-state index in [0.717, 1.165) is 24.8 Å². The second-order valence-electron chi connectivity index (χ2n) is 6.11. The molecular weight excluding hydrogens is 286 g/mol. The number of cyclic esters (lactones) is 1. The van der Waals surface area contributed by atoms with Crippen LogP contribution in [0.25, 0.3) is 0 Å². The Balaban J connectivity index is 2.07. The van der Waals surface area contributed by atoms with E-state index in [1.54, 1.807) is 6.07 Å². The molecule has 1 amide bonds. The monoisotopic (exact) mass is 303 g/mol. The average molecular weight is 304 g/mol. The van der Waals surface area contributed by atoms with E-state index >= 15 is 0 Å². The Hall–Kier alpha value is -1.66. The maximum absolute atomic E-state index is 11.9. The highest BCUT2D eigenvalue weighted by atomic mass is 35.5. The van der Waals surface area contributed by atoms with Crippen LogP contribution < -0.4 is 5.32 Å². The number of carbonyl (C=O) groups excluding carboxylic acids is 1. The Morgan fingerprint density at radius 1 is 1.48 bits per heavy atom. The number of rotatable bonds is 2. The lowest BCUT2D eigenvalue weighted by atomic mass is 9.86. The lowest BCUT2D eigenvalue weighted by Crippen LogP contribution is -2.40. The molecule has 1 atom stereocenters. The summed E-state index contributed by atoms with van der Waals surface area (Å²) in [5, 5.41) is 3.32. The van der Waals surface area contributed by atoms with Crippen LogP contribution in [0, 0.1) is 23.7 Å². The minimum absolute atomic E-state index is 0.281. The Morgan fingerprint density at radius 2 is 2.24 bits per heavy atom. The smallest absolute Gasteiger partial charge is 0.413 e. The molecule has 0 spiro atoms. The van der Waals surface area contributed by atoms with E-state index in [0.29, 0.717) is 16.6 Å². The number of hydrogen-bond donors (Lipinski definition) is 1. The van der Waals surface area contributed by atoms with Crippen LogP contribution in [0.3, 0.4) is 0 Å². The third kappa shape index (κ3) is 2.73. The third-order valence-corrected chi connectivity index (χ3v) is 4.04. The lowest BCUT2D eigenvalue weighted by Gasteiger charge is -2.35. The van der Waals surface area contributed by atoms with Crippen LogP contribution in [0.5, 0.6) is 0 Å². The first-order valence-electron chi connectivity index (χ1n) is 7.31. The fourth-order valence-corrected chi connectivity index (χ4v) is 2.83. The van der Waals surface area contributed by atoms with Crippen LogP contribution >= 0.6 is 11.6 Å². The van der Waals surface area contributed by atoms with Crippen molar-refractivity contribution in [2.24, 2.45) is 11.8 Å². The van der Waals surface area contributed by atoms with Crippen LogP contribution in [0.1, 0.15) is 38.7 Å². The number of carbonyl (C=O) groups is 1. The molecule has 1 saturated carbocycles. The first-order valence-corrected chi connectivity index (χ1v) is 7.69. The molecule has 0 saturated heterocycles. The van der Waals surface area contributed by atoms with E-state index in [-0.39, 0.29) is 5.92 Å². The molecular formula is C17H18ClNO2. The van der Waals surface area contributed by atoms with Gasteiger partial charge < -0.3 is 4.74 Å². The zero-order valence-corrected chi connectivity index (χ0v) is 13.0. The van der Waals surface area contributed by atoms with Crippen molar-refractivity contribution >= 4 is 23.4 Å². The maximum Gasteiger partial charge on any atom is 0.413 e. The highest BCUT2D eigenvalue weighted by Crippen LogP contribution is 2.52. The predicted octanol–water partition coefficient (Wildman–Crippen LogP) is 4.56. The molecule has 1 aliphatic heterocycles. The Kier molecular flexibility index (Phi) is 3.59. The number of hydrogen-bond acceptors (Lipinski definition) is 2. The Bertz CT molecular complexity index is 640. The van der Waals surface area contributed by atoms with Crippen molar-refractivity contribution in [2.45, 2.75) is 38.7 Å². The van der Waals surface area contributed by atoms with Crippen molar-refractivity contribution < 1.29 is 9.53 Å². The summed E-state index contributed by atoms with van der Waals surface area (Å²) in [4.78, 5) is 11.9. The number of amides is 1. The van der Waals surface area contributed by atoms with Gasteiger partial charge in [0, 0.05) is 22.9 Å². The number of benzene rings is 1. The number of halogens is 1. The van der Waals surface area contributed by atoms with Gasteiger partial charge in [0.2, 0.25) is 5.60 Å². The number of fused-ring (bicyclic) bond motifs is 1. The van der Waals surface area contributed by atoms with Gasteiger partial charge >= 0.3 is 6.09 Å². The van der Waals surface area contributed by atoms with E-state index < -0.39 is 11.7 Å². The summed E-state index contributed by atoms with van der Waals surface area (Å²) in [6.45, 7) is 4.25. The largest absolute Gasteiger partial charge is 0.425 e. The van der Waals surface area contributed by atoms with E-state index in [2.05, 4.69) is 31.0 Å². The molecule has 1 aromatic rings. The predicted molar refractivity (Wildman–Crippen MR) is 83.2 cm³/mol. The zero-order chi connectivity index (χ0) is 15.0. The molecule has 1 heterocycles. The van der Waals surface area contributed by atoms with Crippen LogP contribution in [0.15, 0.2) is 18.2 Å². The van der Waals surface area contributed by atoms with Gasteiger partial charge in [-0.05, 0) is 36.8 Å². The van der Waals surface area contributed by atoms with Gasteiger partial charge in [-0.1, -0.05) is 37.4 Å².